The van der Waals surface area contributed by atoms with Gasteiger partial charge in [-0.2, -0.15) is 0 Å². The molecule has 1 N–H and O–H groups in total. The highest BCUT2D eigenvalue weighted by Gasteiger charge is 2.16. The van der Waals surface area contributed by atoms with Crippen molar-refractivity contribution in [3.05, 3.63) is 35.7 Å². The van der Waals surface area contributed by atoms with Gasteiger partial charge in [-0.25, -0.2) is 9.18 Å². The molecule has 0 radical (unpaired) electrons. The molecule has 2 rings (SSSR count). The number of ether oxygens (including phenoxy) is 2. The molecule has 1 atom stereocenters. The van der Waals surface area contributed by atoms with E-state index in [2.05, 4.69) is 0 Å². The maximum absolute atomic E-state index is 13.4. The van der Waals surface area contributed by atoms with Crippen LogP contribution in [-0.4, -0.2) is 30.4 Å². The van der Waals surface area contributed by atoms with Crippen LogP contribution < -0.4 is 4.74 Å². The fourth-order valence-electron chi connectivity index (χ4n) is 1.90. The van der Waals surface area contributed by atoms with E-state index in [4.69, 9.17) is 14.6 Å². The molecule has 1 aliphatic rings. The predicted molar refractivity (Wildman–Crippen MR) is 67.5 cm³/mol. The zero-order valence-corrected chi connectivity index (χ0v) is 10.3. The van der Waals surface area contributed by atoms with Gasteiger partial charge in [-0.05, 0) is 36.6 Å². The third-order valence-electron chi connectivity index (χ3n) is 2.77. The molecule has 0 spiro atoms. The SMILES string of the molecule is O=C(O)/C=C/c1cc(F)cc(OCC2CCCO2)c1. The minimum atomic E-state index is -1.08. The fourth-order valence-corrected chi connectivity index (χ4v) is 1.90. The Morgan fingerprint density at radius 1 is 1.53 bits per heavy atom. The highest BCUT2D eigenvalue weighted by molar-refractivity contribution is 5.85. The molecule has 1 aromatic rings. The Morgan fingerprint density at radius 3 is 3.05 bits per heavy atom. The summed E-state index contributed by atoms with van der Waals surface area (Å²) in [7, 11) is 0. The van der Waals surface area contributed by atoms with E-state index < -0.39 is 11.8 Å². The summed E-state index contributed by atoms with van der Waals surface area (Å²) in [5, 5.41) is 8.53. The second-order valence-electron chi connectivity index (χ2n) is 4.34. The van der Waals surface area contributed by atoms with Gasteiger partial charge in [-0.15, -0.1) is 0 Å². The van der Waals surface area contributed by atoms with Crippen molar-refractivity contribution in [3.8, 4) is 5.75 Å². The summed E-state index contributed by atoms with van der Waals surface area (Å²) in [5.41, 5.74) is 0.449. The molecule has 1 heterocycles. The van der Waals surface area contributed by atoms with Crippen LogP contribution in [0.5, 0.6) is 5.75 Å². The largest absolute Gasteiger partial charge is 0.491 e. The molecule has 1 saturated heterocycles. The van der Waals surface area contributed by atoms with Crippen molar-refractivity contribution in [3.63, 3.8) is 0 Å². The number of carboxylic acid groups (broad SMARTS) is 1. The first-order valence-electron chi connectivity index (χ1n) is 6.09. The van der Waals surface area contributed by atoms with Crippen molar-refractivity contribution in [2.24, 2.45) is 0 Å². The van der Waals surface area contributed by atoms with Crippen molar-refractivity contribution in [1.82, 2.24) is 0 Å². The van der Waals surface area contributed by atoms with E-state index in [0.717, 1.165) is 25.5 Å². The Kier molecular flexibility index (Phi) is 4.52. The van der Waals surface area contributed by atoms with Crippen LogP contribution in [0.2, 0.25) is 0 Å². The second-order valence-corrected chi connectivity index (χ2v) is 4.34. The Morgan fingerprint density at radius 2 is 2.37 bits per heavy atom. The number of hydrogen-bond acceptors (Lipinski definition) is 3. The first-order chi connectivity index (χ1) is 9.13. The van der Waals surface area contributed by atoms with Crippen LogP contribution in [0.25, 0.3) is 6.08 Å². The number of halogens is 1. The molecule has 1 unspecified atom stereocenters. The molecular formula is C14H15FO4. The van der Waals surface area contributed by atoms with Gasteiger partial charge in [-0.1, -0.05) is 0 Å². The van der Waals surface area contributed by atoms with Crippen LogP contribution in [0.1, 0.15) is 18.4 Å². The lowest BCUT2D eigenvalue weighted by Gasteiger charge is -2.11. The number of benzene rings is 1. The molecule has 102 valence electrons. The van der Waals surface area contributed by atoms with Crippen molar-refractivity contribution < 1.29 is 23.8 Å². The van der Waals surface area contributed by atoms with Crippen molar-refractivity contribution in [2.45, 2.75) is 18.9 Å². The summed E-state index contributed by atoms with van der Waals surface area (Å²) in [6.45, 7) is 1.12. The topological polar surface area (TPSA) is 55.8 Å². The maximum Gasteiger partial charge on any atom is 0.328 e. The summed E-state index contributed by atoms with van der Waals surface area (Å²) < 4.78 is 24.2. The summed E-state index contributed by atoms with van der Waals surface area (Å²) in [6, 6.07) is 4.11. The number of aliphatic carboxylic acids is 1. The van der Waals surface area contributed by atoms with E-state index in [0.29, 0.717) is 17.9 Å². The molecule has 0 bridgehead atoms. The van der Waals surface area contributed by atoms with E-state index in [1.807, 2.05) is 0 Å². The van der Waals surface area contributed by atoms with Crippen LogP contribution in [0.4, 0.5) is 4.39 Å². The van der Waals surface area contributed by atoms with Gasteiger partial charge in [-0.3, -0.25) is 0 Å². The molecule has 0 aromatic heterocycles. The number of rotatable bonds is 5. The van der Waals surface area contributed by atoms with Crippen LogP contribution in [0, 0.1) is 5.82 Å². The van der Waals surface area contributed by atoms with Gasteiger partial charge in [0, 0.05) is 18.7 Å². The first kappa shape index (κ1) is 13.5. The van der Waals surface area contributed by atoms with Crippen LogP contribution in [0.3, 0.4) is 0 Å². The molecule has 0 amide bonds. The maximum atomic E-state index is 13.4. The summed E-state index contributed by atoms with van der Waals surface area (Å²) in [4.78, 5) is 10.4. The number of carboxylic acids is 1. The number of carbonyl (C=O) groups is 1. The molecule has 1 aliphatic heterocycles. The van der Waals surface area contributed by atoms with Crippen LogP contribution in [-0.2, 0) is 9.53 Å². The highest BCUT2D eigenvalue weighted by Crippen LogP contribution is 2.19. The number of hydrogen-bond donors (Lipinski definition) is 1. The average Bonchev–Trinajstić information content (AvgIpc) is 2.86. The average molecular weight is 266 g/mol. The quantitative estimate of drug-likeness (QED) is 0.832. The molecule has 0 aliphatic carbocycles. The van der Waals surface area contributed by atoms with E-state index in [1.165, 1.54) is 18.2 Å². The molecule has 4 nitrogen and oxygen atoms in total. The predicted octanol–water partition coefficient (Wildman–Crippen LogP) is 2.48. The Labute approximate surface area is 110 Å². The molecule has 0 saturated carbocycles. The zero-order chi connectivity index (χ0) is 13.7. The summed E-state index contributed by atoms with van der Waals surface area (Å²) in [5.74, 6) is -1.17. The van der Waals surface area contributed by atoms with Gasteiger partial charge in [0.2, 0.25) is 0 Å². The van der Waals surface area contributed by atoms with Gasteiger partial charge in [0.25, 0.3) is 0 Å². The van der Waals surface area contributed by atoms with Gasteiger partial charge in [0.05, 0.1) is 6.10 Å². The molecular weight excluding hydrogens is 251 g/mol. The lowest BCUT2D eigenvalue weighted by molar-refractivity contribution is -0.131. The monoisotopic (exact) mass is 266 g/mol. The van der Waals surface area contributed by atoms with Crippen molar-refractivity contribution in [2.75, 3.05) is 13.2 Å². The third kappa shape index (κ3) is 4.37. The zero-order valence-electron chi connectivity index (χ0n) is 10.3. The van der Waals surface area contributed by atoms with E-state index in [9.17, 15) is 9.18 Å². The van der Waals surface area contributed by atoms with Gasteiger partial charge in [0.15, 0.2) is 0 Å². The normalized spacial score (nSPS) is 18.9. The summed E-state index contributed by atoms with van der Waals surface area (Å²) >= 11 is 0. The lowest BCUT2D eigenvalue weighted by atomic mass is 10.2. The molecule has 1 fully saturated rings. The van der Waals surface area contributed by atoms with Crippen LogP contribution >= 0.6 is 0 Å². The minimum absolute atomic E-state index is 0.0567. The first-order valence-corrected chi connectivity index (χ1v) is 6.09. The Bertz CT molecular complexity index is 478. The lowest BCUT2D eigenvalue weighted by Crippen LogP contribution is -2.16. The third-order valence-corrected chi connectivity index (χ3v) is 2.77. The Balaban J connectivity index is 2.01. The van der Waals surface area contributed by atoms with Crippen LogP contribution in [0.15, 0.2) is 24.3 Å². The van der Waals surface area contributed by atoms with E-state index in [1.54, 1.807) is 6.07 Å². The van der Waals surface area contributed by atoms with Crippen molar-refractivity contribution >= 4 is 12.0 Å². The Hall–Kier alpha value is -1.88. The smallest absolute Gasteiger partial charge is 0.328 e. The van der Waals surface area contributed by atoms with Crippen molar-refractivity contribution in [1.29, 1.82) is 0 Å². The van der Waals surface area contributed by atoms with E-state index >= 15 is 0 Å². The van der Waals surface area contributed by atoms with Gasteiger partial charge >= 0.3 is 5.97 Å². The van der Waals surface area contributed by atoms with Gasteiger partial charge < -0.3 is 14.6 Å². The standard InChI is InChI=1S/C14H15FO4/c15-11-6-10(3-4-14(16)17)7-13(8-11)19-9-12-2-1-5-18-12/h3-4,6-8,12H,1-2,5,9H2,(H,16,17)/b4-3+. The van der Waals surface area contributed by atoms with E-state index in [-0.39, 0.29) is 6.10 Å². The second kappa shape index (κ2) is 6.33. The highest BCUT2D eigenvalue weighted by atomic mass is 19.1. The molecule has 1 aromatic carbocycles. The fraction of sp³-hybridized carbons (Fsp3) is 0.357. The summed E-state index contributed by atoms with van der Waals surface area (Å²) in [6.07, 6.45) is 4.30. The van der Waals surface area contributed by atoms with Gasteiger partial charge in [0.1, 0.15) is 18.2 Å². The minimum Gasteiger partial charge on any atom is -0.491 e. The molecule has 19 heavy (non-hydrogen) atoms. The molecule has 5 heteroatoms.